The second-order valence-corrected chi connectivity index (χ2v) is 9.38. The summed E-state index contributed by atoms with van der Waals surface area (Å²) in [5.74, 6) is 1.05. The molecule has 0 bridgehead atoms. The second-order valence-electron chi connectivity index (χ2n) is 8.60. The molecule has 154 valence electrons. The summed E-state index contributed by atoms with van der Waals surface area (Å²) in [5.41, 5.74) is 3.33. The normalized spacial score (nSPS) is 20.4. The SMILES string of the molecule is CC(C)N(C)c1ccc(CN(Cc2ccsc2)C2CC23CCNCC3)cn1.Cl. The Labute approximate surface area is 179 Å². The average molecular weight is 421 g/mol. The Morgan fingerprint density at radius 2 is 1.93 bits per heavy atom. The van der Waals surface area contributed by atoms with E-state index in [2.05, 4.69) is 71.2 Å². The first-order valence-electron chi connectivity index (χ1n) is 10.2. The molecule has 28 heavy (non-hydrogen) atoms. The molecule has 6 heteroatoms. The third-order valence-corrected chi connectivity index (χ3v) is 7.22. The molecule has 4 nitrogen and oxygen atoms in total. The molecule has 2 aliphatic rings. The van der Waals surface area contributed by atoms with Crippen LogP contribution in [0.25, 0.3) is 0 Å². The molecule has 2 aromatic rings. The van der Waals surface area contributed by atoms with E-state index < -0.39 is 0 Å². The van der Waals surface area contributed by atoms with Crippen molar-refractivity contribution in [3.63, 3.8) is 0 Å². The number of halogens is 1. The number of hydrogen-bond acceptors (Lipinski definition) is 5. The number of pyridine rings is 1. The van der Waals surface area contributed by atoms with Crippen LogP contribution in [-0.2, 0) is 13.1 Å². The second kappa shape index (κ2) is 9.12. The Hall–Kier alpha value is -1.14. The van der Waals surface area contributed by atoms with Gasteiger partial charge in [-0.05, 0) is 85.6 Å². The van der Waals surface area contributed by atoms with Gasteiger partial charge in [0.1, 0.15) is 5.82 Å². The summed E-state index contributed by atoms with van der Waals surface area (Å²) in [6, 6.07) is 7.89. The summed E-state index contributed by atoms with van der Waals surface area (Å²) in [4.78, 5) is 9.65. The fourth-order valence-electron chi connectivity index (χ4n) is 4.42. The number of anilines is 1. The maximum atomic E-state index is 4.73. The molecular formula is C22H33ClN4S. The lowest BCUT2D eigenvalue weighted by Crippen LogP contribution is -2.35. The smallest absolute Gasteiger partial charge is 0.128 e. The average Bonchev–Trinajstić information content (AvgIpc) is 3.11. The minimum absolute atomic E-state index is 0. The first kappa shape index (κ1) is 21.6. The van der Waals surface area contributed by atoms with Crippen molar-refractivity contribution in [2.45, 2.75) is 58.3 Å². The number of rotatable bonds is 7. The third kappa shape index (κ3) is 4.70. The number of nitrogens with zero attached hydrogens (tertiary/aromatic N) is 3. The summed E-state index contributed by atoms with van der Waals surface area (Å²) >= 11 is 1.80. The van der Waals surface area contributed by atoms with Gasteiger partial charge in [-0.1, -0.05) is 6.07 Å². The lowest BCUT2D eigenvalue weighted by molar-refractivity contribution is 0.188. The molecule has 0 amide bonds. The van der Waals surface area contributed by atoms with Crippen LogP contribution in [0.2, 0.25) is 0 Å². The van der Waals surface area contributed by atoms with Gasteiger partial charge in [0.05, 0.1) is 0 Å². The van der Waals surface area contributed by atoms with Gasteiger partial charge in [-0.15, -0.1) is 12.4 Å². The Bertz CT molecular complexity index is 726. The highest BCUT2D eigenvalue weighted by Crippen LogP contribution is 2.56. The number of aromatic nitrogens is 1. The van der Waals surface area contributed by atoms with Crippen molar-refractivity contribution in [1.29, 1.82) is 0 Å². The van der Waals surface area contributed by atoms with Gasteiger partial charge in [-0.25, -0.2) is 4.98 Å². The van der Waals surface area contributed by atoms with Gasteiger partial charge in [-0.3, -0.25) is 4.90 Å². The van der Waals surface area contributed by atoms with E-state index in [1.807, 2.05) is 0 Å². The van der Waals surface area contributed by atoms with Crippen LogP contribution in [0.1, 0.15) is 44.2 Å². The molecule has 0 aromatic carbocycles. The third-order valence-electron chi connectivity index (χ3n) is 6.48. The Morgan fingerprint density at radius 1 is 1.18 bits per heavy atom. The van der Waals surface area contributed by atoms with Crippen molar-refractivity contribution >= 4 is 29.6 Å². The first-order valence-corrected chi connectivity index (χ1v) is 11.2. The van der Waals surface area contributed by atoms with Crippen LogP contribution in [0.15, 0.2) is 35.2 Å². The summed E-state index contributed by atoms with van der Waals surface area (Å²) in [5, 5.41) is 8.02. The number of piperidine rings is 1. The van der Waals surface area contributed by atoms with Crippen LogP contribution in [0.4, 0.5) is 5.82 Å². The van der Waals surface area contributed by atoms with Crippen molar-refractivity contribution < 1.29 is 0 Å². The van der Waals surface area contributed by atoms with Crippen molar-refractivity contribution in [3.8, 4) is 0 Å². The van der Waals surface area contributed by atoms with E-state index in [0.717, 1.165) is 24.9 Å². The number of thiophene rings is 1. The Kier molecular flexibility index (Phi) is 7.02. The summed E-state index contributed by atoms with van der Waals surface area (Å²) in [6.45, 7) is 8.81. The van der Waals surface area contributed by atoms with Gasteiger partial charge in [0.25, 0.3) is 0 Å². The Morgan fingerprint density at radius 3 is 2.54 bits per heavy atom. The highest BCUT2D eigenvalue weighted by atomic mass is 35.5. The molecule has 2 fully saturated rings. The van der Waals surface area contributed by atoms with Crippen LogP contribution >= 0.6 is 23.7 Å². The van der Waals surface area contributed by atoms with Crippen LogP contribution in [0.5, 0.6) is 0 Å². The number of hydrogen-bond donors (Lipinski definition) is 1. The molecule has 1 N–H and O–H groups in total. The van der Waals surface area contributed by atoms with Gasteiger partial charge in [0.15, 0.2) is 0 Å². The molecule has 2 aromatic heterocycles. The Balaban J connectivity index is 0.00000225. The first-order chi connectivity index (χ1) is 13.1. The molecule has 1 atom stereocenters. The maximum absolute atomic E-state index is 4.73. The topological polar surface area (TPSA) is 31.4 Å². The van der Waals surface area contributed by atoms with Gasteiger partial charge in [-0.2, -0.15) is 11.3 Å². The quantitative estimate of drug-likeness (QED) is 0.711. The number of nitrogens with one attached hydrogen (secondary N) is 1. The lowest BCUT2D eigenvalue weighted by Gasteiger charge is -2.29. The molecule has 1 unspecified atom stereocenters. The molecule has 1 saturated carbocycles. The minimum atomic E-state index is 0. The van der Waals surface area contributed by atoms with Crippen LogP contribution in [0, 0.1) is 5.41 Å². The summed E-state index contributed by atoms with van der Waals surface area (Å²) < 4.78 is 0. The molecule has 0 radical (unpaired) electrons. The predicted octanol–water partition coefficient (Wildman–Crippen LogP) is 4.55. The molecular weight excluding hydrogens is 388 g/mol. The summed E-state index contributed by atoms with van der Waals surface area (Å²) in [7, 11) is 2.11. The highest BCUT2D eigenvalue weighted by molar-refractivity contribution is 7.07. The summed E-state index contributed by atoms with van der Waals surface area (Å²) in [6.07, 6.45) is 6.09. The highest BCUT2D eigenvalue weighted by Gasteiger charge is 2.56. The standard InChI is InChI=1S/C22H32N4S.ClH/c1-17(2)25(3)21-5-4-18(13-24-21)14-26(15-19-6-11-27-16-19)20-12-22(20)7-9-23-10-8-22;/h4-6,11,13,16-17,20,23H,7-10,12,14-15H2,1-3H3;1H. The minimum Gasteiger partial charge on any atom is -0.357 e. The zero-order valence-electron chi connectivity index (χ0n) is 17.2. The van der Waals surface area contributed by atoms with E-state index in [1.54, 1.807) is 11.3 Å². The molecule has 3 heterocycles. The molecule has 1 aliphatic carbocycles. The van der Waals surface area contributed by atoms with Gasteiger partial charge < -0.3 is 10.2 Å². The molecule has 1 saturated heterocycles. The van der Waals surface area contributed by atoms with Gasteiger partial charge >= 0.3 is 0 Å². The zero-order valence-corrected chi connectivity index (χ0v) is 18.9. The van der Waals surface area contributed by atoms with Crippen molar-refractivity contribution in [2.75, 3.05) is 25.0 Å². The van der Waals surface area contributed by atoms with E-state index >= 15 is 0 Å². The van der Waals surface area contributed by atoms with Crippen molar-refractivity contribution in [3.05, 3.63) is 46.3 Å². The zero-order chi connectivity index (χ0) is 18.9. The monoisotopic (exact) mass is 420 g/mol. The van der Waals surface area contributed by atoms with Gasteiger partial charge in [0.2, 0.25) is 0 Å². The maximum Gasteiger partial charge on any atom is 0.128 e. The largest absolute Gasteiger partial charge is 0.357 e. The van der Waals surface area contributed by atoms with Crippen LogP contribution in [-0.4, -0.2) is 42.1 Å². The van der Waals surface area contributed by atoms with E-state index in [-0.39, 0.29) is 12.4 Å². The van der Waals surface area contributed by atoms with E-state index in [9.17, 15) is 0 Å². The fourth-order valence-corrected chi connectivity index (χ4v) is 5.08. The lowest BCUT2D eigenvalue weighted by atomic mass is 9.93. The molecule has 1 spiro atoms. The van der Waals surface area contributed by atoms with Gasteiger partial charge in [0, 0.05) is 38.4 Å². The molecule has 1 aliphatic heterocycles. The van der Waals surface area contributed by atoms with Crippen LogP contribution < -0.4 is 10.2 Å². The van der Waals surface area contributed by atoms with E-state index in [4.69, 9.17) is 4.98 Å². The fraction of sp³-hybridized carbons (Fsp3) is 0.591. The van der Waals surface area contributed by atoms with Crippen molar-refractivity contribution in [2.24, 2.45) is 5.41 Å². The van der Waals surface area contributed by atoms with Crippen LogP contribution in [0.3, 0.4) is 0 Å². The predicted molar refractivity (Wildman–Crippen MR) is 122 cm³/mol. The van der Waals surface area contributed by atoms with E-state index in [0.29, 0.717) is 11.5 Å². The molecule has 4 rings (SSSR count). The van der Waals surface area contributed by atoms with Crippen molar-refractivity contribution in [1.82, 2.24) is 15.2 Å². The van der Waals surface area contributed by atoms with E-state index in [1.165, 1.54) is 43.5 Å².